The summed E-state index contributed by atoms with van der Waals surface area (Å²) in [5.74, 6) is -0.234. The molecule has 0 amide bonds. The van der Waals surface area contributed by atoms with Gasteiger partial charge in [-0.15, -0.1) is 0 Å². The van der Waals surface area contributed by atoms with E-state index in [2.05, 4.69) is 12.2 Å². The Morgan fingerprint density at radius 1 is 1.53 bits per heavy atom. The Morgan fingerprint density at radius 3 is 2.87 bits per heavy atom. The highest BCUT2D eigenvalue weighted by atomic mass is 16.6. The number of hydrogen-bond donors (Lipinski definition) is 0. The Labute approximate surface area is 91.3 Å². The van der Waals surface area contributed by atoms with Crippen molar-refractivity contribution >= 4 is 5.97 Å². The summed E-state index contributed by atoms with van der Waals surface area (Å²) in [4.78, 5) is 11.1. The highest BCUT2D eigenvalue weighted by molar-refractivity contribution is 5.67. The van der Waals surface area contributed by atoms with Gasteiger partial charge in [-0.25, -0.2) is 0 Å². The SMILES string of the molecule is CCC(C)(OC(C)=O)C1=CC=CCC=C1. The molecule has 0 aromatic rings. The Hall–Kier alpha value is -1.31. The van der Waals surface area contributed by atoms with Gasteiger partial charge < -0.3 is 4.74 Å². The second-order valence-electron chi connectivity index (χ2n) is 3.87. The molecule has 1 rings (SSSR count). The first-order valence-corrected chi connectivity index (χ1v) is 5.32. The van der Waals surface area contributed by atoms with E-state index in [1.54, 1.807) is 0 Å². The zero-order valence-electron chi connectivity index (χ0n) is 9.62. The minimum Gasteiger partial charge on any atom is -0.455 e. The molecule has 15 heavy (non-hydrogen) atoms. The predicted octanol–water partition coefficient (Wildman–Crippen LogP) is 3.16. The Kier molecular flexibility index (Phi) is 3.89. The zero-order chi connectivity index (χ0) is 11.3. The summed E-state index contributed by atoms with van der Waals surface area (Å²) < 4.78 is 5.39. The lowest BCUT2D eigenvalue weighted by atomic mass is 9.92. The van der Waals surface area contributed by atoms with Crippen molar-refractivity contribution in [3.05, 3.63) is 36.0 Å². The summed E-state index contributed by atoms with van der Waals surface area (Å²) >= 11 is 0. The van der Waals surface area contributed by atoms with E-state index in [0.717, 1.165) is 18.4 Å². The van der Waals surface area contributed by atoms with Crippen molar-refractivity contribution in [2.24, 2.45) is 0 Å². The minimum absolute atomic E-state index is 0.234. The molecule has 1 aliphatic rings. The van der Waals surface area contributed by atoms with Crippen LogP contribution in [0.3, 0.4) is 0 Å². The molecule has 2 heteroatoms. The van der Waals surface area contributed by atoms with Crippen molar-refractivity contribution < 1.29 is 9.53 Å². The maximum atomic E-state index is 11.1. The number of ether oxygens (including phenoxy) is 1. The topological polar surface area (TPSA) is 26.3 Å². The van der Waals surface area contributed by atoms with E-state index in [1.165, 1.54) is 6.92 Å². The van der Waals surface area contributed by atoms with Crippen molar-refractivity contribution in [1.29, 1.82) is 0 Å². The van der Waals surface area contributed by atoms with Crippen LogP contribution >= 0.6 is 0 Å². The standard InChI is InChI=1S/C13H18O2/c1-4-13(3,15-11(2)14)12-9-7-5-6-8-10-12/h5,7-10H,4,6H2,1-3H3. The summed E-state index contributed by atoms with van der Waals surface area (Å²) in [5.41, 5.74) is 0.547. The molecule has 0 aliphatic heterocycles. The van der Waals surface area contributed by atoms with Gasteiger partial charge in [0.2, 0.25) is 0 Å². The molecule has 2 nitrogen and oxygen atoms in total. The fraction of sp³-hybridized carbons (Fsp3) is 0.462. The molecule has 0 radical (unpaired) electrons. The second kappa shape index (κ2) is 4.96. The second-order valence-corrected chi connectivity index (χ2v) is 3.87. The van der Waals surface area contributed by atoms with Crippen molar-refractivity contribution in [3.63, 3.8) is 0 Å². The highest BCUT2D eigenvalue weighted by Crippen LogP contribution is 2.27. The van der Waals surface area contributed by atoms with Crippen LogP contribution in [0.15, 0.2) is 36.0 Å². The highest BCUT2D eigenvalue weighted by Gasteiger charge is 2.28. The largest absolute Gasteiger partial charge is 0.455 e. The summed E-state index contributed by atoms with van der Waals surface area (Å²) in [5, 5.41) is 0. The molecule has 0 fully saturated rings. The smallest absolute Gasteiger partial charge is 0.303 e. The molecule has 1 unspecified atom stereocenters. The minimum atomic E-state index is -0.503. The third-order valence-electron chi connectivity index (χ3n) is 2.64. The van der Waals surface area contributed by atoms with Gasteiger partial charge in [-0.3, -0.25) is 4.79 Å². The molecule has 0 bridgehead atoms. The van der Waals surface area contributed by atoms with Gasteiger partial charge in [0.25, 0.3) is 0 Å². The Morgan fingerprint density at radius 2 is 2.27 bits per heavy atom. The number of rotatable bonds is 3. The van der Waals surface area contributed by atoms with E-state index in [0.29, 0.717) is 0 Å². The van der Waals surface area contributed by atoms with E-state index >= 15 is 0 Å². The molecule has 0 aromatic heterocycles. The first-order chi connectivity index (χ1) is 7.08. The van der Waals surface area contributed by atoms with Crippen LogP contribution in [0.4, 0.5) is 0 Å². The molecule has 0 aromatic carbocycles. The molecular formula is C13H18O2. The fourth-order valence-corrected chi connectivity index (χ4v) is 1.58. The monoisotopic (exact) mass is 206 g/mol. The van der Waals surface area contributed by atoms with Crippen LogP contribution in [0, 0.1) is 0 Å². The zero-order valence-corrected chi connectivity index (χ0v) is 9.62. The number of hydrogen-bond acceptors (Lipinski definition) is 2. The predicted molar refractivity (Wildman–Crippen MR) is 61.4 cm³/mol. The molecule has 0 saturated carbocycles. The maximum Gasteiger partial charge on any atom is 0.303 e. The van der Waals surface area contributed by atoms with Crippen molar-refractivity contribution in [2.75, 3.05) is 0 Å². The fourth-order valence-electron chi connectivity index (χ4n) is 1.58. The molecular weight excluding hydrogens is 188 g/mol. The molecule has 0 N–H and O–H groups in total. The Balaban J connectivity index is 2.93. The van der Waals surface area contributed by atoms with E-state index in [1.807, 2.05) is 32.1 Å². The van der Waals surface area contributed by atoms with E-state index in [9.17, 15) is 4.79 Å². The lowest BCUT2D eigenvalue weighted by Crippen LogP contribution is -2.31. The van der Waals surface area contributed by atoms with Crippen LogP contribution in [-0.4, -0.2) is 11.6 Å². The van der Waals surface area contributed by atoms with Gasteiger partial charge in [-0.05, 0) is 25.3 Å². The van der Waals surface area contributed by atoms with E-state index in [-0.39, 0.29) is 5.97 Å². The van der Waals surface area contributed by atoms with Crippen molar-refractivity contribution in [2.45, 2.75) is 39.2 Å². The third-order valence-corrected chi connectivity index (χ3v) is 2.64. The third kappa shape index (κ3) is 3.08. The van der Waals surface area contributed by atoms with E-state index < -0.39 is 5.60 Å². The number of esters is 1. The maximum absolute atomic E-state index is 11.1. The van der Waals surface area contributed by atoms with Gasteiger partial charge in [0, 0.05) is 6.92 Å². The number of carbonyl (C=O) groups is 1. The van der Waals surface area contributed by atoms with Crippen molar-refractivity contribution in [3.8, 4) is 0 Å². The van der Waals surface area contributed by atoms with Crippen LogP contribution in [0.2, 0.25) is 0 Å². The van der Waals surface area contributed by atoms with Gasteiger partial charge in [-0.1, -0.05) is 37.3 Å². The van der Waals surface area contributed by atoms with Gasteiger partial charge in [0.05, 0.1) is 0 Å². The summed E-state index contributed by atoms with van der Waals surface area (Å²) in [6, 6.07) is 0. The molecule has 0 heterocycles. The Bertz CT molecular complexity index is 323. The van der Waals surface area contributed by atoms with E-state index in [4.69, 9.17) is 4.74 Å². The molecule has 0 saturated heterocycles. The summed E-state index contributed by atoms with van der Waals surface area (Å²) in [6.45, 7) is 5.42. The quantitative estimate of drug-likeness (QED) is 0.663. The van der Waals surface area contributed by atoms with Crippen LogP contribution in [0.5, 0.6) is 0 Å². The van der Waals surface area contributed by atoms with Gasteiger partial charge in [0.15, 0.2) is 0 Å². The molecule has 1 aliphatic carbocycles. The van der Waals surface area contributed by atoms with Gasteiger partial charge in [-0.2, -0.15) is 0 Å². The first kappa shape index (κ1) is 11.8. The summed E-state index contributed by atoms with van der Waals surface area (Å²) in [7, 11) is 0. The number of carbonyl (C=O) groups excluding carboxylic acids is 1. The van der Waals surface area contributed by atoms with Crippen LogP contribution in [0.1, 0.15) is 33.6 Å². The molecule has 1 atom stereocenters. The molecule has 82 valence electrons. The summed E-state index contributed by atoms with van der Waals surface area (Å²) in [6.07, 6.45) is 11.9. The van der Waals surface area contributed by atoms with Gasteiger partial charge >= 0.3 is 5.97 Å². The van der Waals surface area contributed by atoms with Crippen LogP contribution < -0.4 is 0 Å². The lowest BCUT2D eigenvalue weighted by Gasteiger charge is -2.29. The van der Waals surface area contributed by atoms with Gasteiger partial charge in [0.1, 0.15) is 5.60 Å². The normalized spacial score (nSPS) is 19.0. The number of allylic oxidation sites excluding steroid dienone is 4. The molecule has 0 spiro atoms. The average molecular weight is 206 g/mol. The van der Waals surface area contributed by atoms with Crippen LogP contribution in [-0.2, 0) is 9.53 Å². The first-order valence-electron chi connectivity index (χ1n) is 5.32. The lowest BCUT2D eigenvalue weighted by molar-refractivity contribution is -0.151. The van der Waals surface area contributed by atoms with Crippen molar-refractivity contribution in [1.82, 2.24) is 0 Å². The average Bonchev–Trinajstić information content (AvgIpc) is 2.44. The van der Waals surface area contributed by atoms with Crippen LogP contribution in [0.25, 0.3) is 0 Å².